The van der Waals surface area contributed by atoms with Gasteiger partial charge in [0.2, 0.25) is 0 Å². The van der Waals surface area contributed by atoms with Crippen LogP contribution in [0, 0.1) is 0 Å². The first-order valence-electron chi connectivity index (χ1n) is 10.00. The normalized spacial score (nSPS) is 18.1. The summed E-state index contributed by atoms with van der Waals surface area (Å²) in [6.07, 6.45) is 2.18. The Hall–Kier alpha value is -2.90. The van der Waals surface area contributed by atoms with E-state index in [2.05, 4.69) is 4.98 Å². The van der Waals surface area contributed by atoms with Crippen LogP contribution in [0.4, 0.5) is 0 Å². The molecule has 2 heterocycles. The molecule has 1 aliphatic rings. The number of benzene rings is 1. The van der Waals surface area contributed by atoms with Crippen molar-refractivity contribution in [2.45, 2.75) is 32.4 Å². The summed E-state index contributed by atoms with van der Waals surface area (Å²) in [6.45, 7) is 4.58. The molecule has 1 atom stereocenters. The summed E-state index contributed by atoms with van der Waals surface area (Å²) in [6, 6.07) is 9.10. The van der Waals surface area contributed by atoms with Gasteiger partial charge >= 0.3 is 0 Å². The maximum absolute atomic E-state index is 13.0. The number of rotatable bonds is 8. The van der Waals surface area contributed by atoms with Crippen LogP contribution < -0.4 is 4.74 Å². The lowest BCUT2D eigenvalue weighted by Gasteiger charge is -2.24. The average Bonchev–Trinajstić information content (AvgIpc) is 3.01. The third kappa shape index (κ3) is 4.89. The molecule has 8 heteroatoms. The molecule has 164 valence electrons. The average molecular weight is 445 g/mol. The SMILES string of the molecule is COc1ccc(Cl)cc1/C(O)=C1\C(=O)C(=O)N(CCCOC(C)C)C1c1ccccn1. The van der Waals surface area contributed by atoms with Crippen LogP contribution in [0.25, 0.3) is 5.76 Å². The number of hydrogen-bond acceptors (Lipinski definition) is 6. The van der Waals surface area contributed by atoms with Gasteiger partial charge in [-0.1, -0.05) is 17.7 Å². The number of halogens is 1. The highest BCUT2D eigenvalue weighted by Crippen LogP contribution is 2.40. The smallest absolute Gasteiger partial charge is 0.295 e. The molecule has 0 saturated carbocycles. The summed E-state index contributed by atoms with van der Waals surface area (Å²) >= 11 is 6.10. The van der Waals surface area contributed by atoms with E-state index in [1.807, 2.05) is 13.8 Å². The number of amides is 1. The number of ether oxygens (including phenoxy) is 2. The number of Topliss-reactive ketones (excluding diaryl/α,β-unsaturated/α-hetero) is 1. The van der Waals surface area contributed by atoms with Crippen molar-refractivity contribution >= 4 is 29.1 Å². The Morgan fingerprint density at radius 3 is 2.68 bits per heavy atom. The van der Waals surface area contributed by atoms with E-state index < -0.39 is 17.7 Å². The zero-order valence-electron chi connectivity index (χ0n) is 17.7. The molecule has 0 bridgehead atoms. The van der Waals surface area contributed by atoms with E-state index in [4.69, 9.17) is 21.1 Å². The standard InChI is InChI=1S/C23H25ClN2O5/c1-14(2)31-12-6-11-26-20(17-7-4-5-10-25-17)19(22(28)23(26)29)21(27)16-13-15(24)8-9-18(16)30-3/h4-5,7-10,13-14,20,27H,6,11-12H2,1-3H3/b21-19+. The lowest BCUT2D eigenvalue weighted by Crippen LogP contribution is -2.31. The second-order valence-corrected chi connectivity index (χ2v) is 7.80. The summed E-state index contributed by atoms with van der Waals surface area (Å²) in [7, 11) is 1.45. The van der Waals surface area contributed by atoms with Crippen molar-refractivity contribution in [3.8, 4) is 5.75 Å². The number of likely N-dealkylation sites (tertiary alicyclic amines) is 1. The van der Waals surface area contributed by atoms with E-state index in [0.29, 0.717) is 29.5 Å². The summed E-state index contributed by atoms with van der Waals surface area (Å²) in [5.74, 6) is -1.49. The van der Waals surface area contributed by atoms with Gasteiger partial charge in [0, 0.05) is 24.4 Å². The number of carbonyl (C=O) groups is 2. The van der Waals surface area contributed by atoms with Crippen molar-refractivity contribution in [1.29, 1.82) is 0 Å². The largest absolute Gasteiger partial charge is 0.507 e. The Labute approximate surface area is 186 Å². The molecule has 1 fully saturated rings. The molecule has 0 aliphatic carbocycles. The van der Waals surface area contributed by atoms with Crippen molar-refractivity contribution < 1.29 is 24.2 Å². The first kappa shape index (κ1) is 22.8. The number of carbonyl (C=O) groups excluding carboxylic acids is 2. The second-order valence-electron chi connectivity index (χ2n) is 7.36. The number of methoxy groups -OCH3 is 1. The Kier molecular flexibility index (Phi) is 7.30. The van der Waals surface area contributed by atoms with Gasteiger partial charge in [0.15, 0.2) is 0 Å². The fraction of sp³-hybridized carbons (Fsp3) is 0.348. The third-order valence-corrected chi connectivity index (χ3v) is 5.15. The quantitative estimate of drug-likeness (QED) is 0.287. The van der Waals surface area contributed by atoms with E-state index in [1.165, 1.54) is 18.1 Å². The Morgan fingerprint density at radius 2 is 2.03 bits per heavy atom. The van der Waals surface area contributed by atoms with Crippen molar-refractivity contribution in [3.05, 3.63) is 64.4 Å². The first-order chi connectivity index (χ1) is 14.8. The third-order valence-electron chi connectivity index (χ3n) is 4.92. The van der Waals surface area contributed by atoms with Crippen molar-refractivity contribution in [1.82, 2.24) is 9.88 Å². The molecule has 31 heavy (non-hydrogen) atoms. The van der Waals surface area contributed by atoms with Crippen LogP contribution in [0.3, 0.4) is 0 Å². The predicted molar refractivity (Wildman–Crippen MR) is 117 cm³/mol. The second kappa shape index (κ2) is 9.94. The topological polar surface area (TPSA) is 89.0 Å². The zero-order valence-corrected chi connectivity index (χ0v) is 18.4. The minimum Gasteiger partial charge on any atom is -0.507 e. The number of pyridine rings is 1. The van der Waals surface area contributed by atoms with Gasteiger partial charge in [0.1, 0.15) is 17.6 Å². The molecule has 3 rings (SSSR count). The van der Waals surface area contributed by atoms with Gasteiger partial charge in [-0.25, -0.2) is 0 Å². The highest BCUT2D eigenvalue weighted by atomic mass is 35.5. The number of ketones is 1. The highest BCUT2D eigenvalue weighted by molar-refractivity contribution is 6.46. The van der Waals surface area contributed by atoms with Gasteiger partial charge in [-0.05, 0) is 50.6 Å². The highest BCUT2D eigenvalue weighted by Gasteiger charge is 2.46. The van der Waals surface area contributed by atoms with Gasteiger partial charge in [-0.15, -0.1) is 0 Å². The summed E-state index contributed by atoms with van der Waals surface area (Å²) in [5.41, 5.74) is 0.667. The molecular formula is C23H25ClN2O5. The molecule has 0 spiro atoms. The Balaban J connectivity index is 2.07. The van der Waals surface area contributed by atoms with Crippen LogP contribution in [0.15, 0.2) is 48.2 Å². The van der Waals surface area contributed by atoms with Crippen LogP contribution in [0.5, 0.6) is 5.75 Å². The monoisotopic (exact) mass is 444 g/mol. The van der Waals surface area contributed by atoms with Crippen LogP contribution in [0.1, 0.15) is 37.6 Å². The van der Waals surface area contributed by atoms with Crippen LogP contribution >= 0.6 is 11.6 Å². The molecular weight excluding hydrogens is 420 g/mol. The number of aromatic nitrogens is 1. The number of hydrogen-bond donors (Lipinski definition) is 1. The van der Waals surface area contributed by atoms with E-state index in [9.17, 15) is 14.7 Å². The van der Waals surface area contributed by atoms with Gasteiger partial charge in [-0.2, -0.15) is 0 Å². The van der Waals surface area contributed by atoms with E-state index in [0.717, 1.165) is 0 Å². The molecule has 7 nitrogen and oxygen atoms in total. The minimum atomic E-state index is -0.830. The van der Waals surface area contributed by atoms with Crippen molar-refractivity contribution in [2.24, 2.45) is 0 Å². The van der Waals surface area contributed by atoms with E-state index >= 15 is 0 Å². The Bertz CT molecular complexity index is 991. The lowest BCUT2D eigenvalue weighted by molar-refractivity contribution is -0.140. The van der Waals surface area contributed by atoms with Gasteiger partial charge in [0.25, 0.3) is 11.7 Å². The fourth-order valence-electron chi connectivity index (χ4n) is 3.52. The molecule has 1 N–H and O–H groups in total. The predicted octanol–water partition coefficient (Wildman–Crippen LogP) is 3.98. The molecule has 1 saturated heterocycles. The molecule has 1 aromatic carbocycles. The number of nitrogens with zero attached hydrogens (tertiary/aromatic N) is 2. The summed E-state index contributed by atoms with van der Waals surface area (Å²) in [5, 5.41) is 11.5. The van der Waals surface area contributed by atoms with Crippen molar-refractivity contribution in [3.63, 3.8) is 0 Å². The zero-order chi connectivity index (χ0) is 22.5. The van der Waals surface area contributed by atoms with Gasteiger partial charge < -0.3 is 19.5 Å². The number of aliphatic hydroxyl groups is 1. The maximum Gasteiger partial charge on any atom is 0.295 e. The van der Waals surface area contributed by atoms with Crippen LogP contribution in [0.2, 0.25) is 5.02 Å². The summed E-state index contributed by atoms with van der Waals surface area (Å²) in [4.78, 5) is 31.7. The van der Waals surface area contributed by atoms with Crippen LogP contribution in [-0.2, 0) is 14.3 Å². The number of aliphatic hydroxyl groups excluding tert-OH is 1. The Morgan fingerprint density at radius 1 is 1.26 bits per heavy atom. The summed E-state index contributed by atoms with van der Waals surface area (Å²) < 4.78 is 10.9. The first-order valence-corrected chi connectivity index (χ1v) is 10.4. The molecule has 0 radical (unpaired) electrons. The van der Waals surface area contributed by atoms with Crippen LogP contribution in [-0.4, -0.2) is 53.0 Å². The molecule has 1 unspecified atom stereocenters. The molecule has 1 aromatic heterocycles. The van der Waals surface area contributed by atoms with E-state index in [-0.39, 0.29) is 29.5 Å². The minimum absolute atomic E-state index is 0.0472. The van der Waals surface area contributed by atoms with Gasteiger partial charge in [-0.3, -0.25) is 14.6 Å². The fourth-order valence-corrected chi connectivity index (χ4v) is 3.69. The van der Waals surface area contributed by atoms with E-state index in [1.54, 1.807) is 36.5 Å². The van der Waals surface area contributed by atoms with Crippen molar-refractivity contribution in [2.75, 3.05) is 20.3 Å². The lowest BCUT2D eigenvalue weighted by atomic mass is 9.98. The maximum atomic E-state index is 13.0. The molecule has 1 aliphatic heterocycles. The molecule has 1 amide bonds. The van der Waals surface area contributed by atoms with Gasteiger partial charge in [0.05, 0.1) is 30.0 Å². The molecule has 2 aromatic rings.